The van der Waals surface area contributed by atoms with Crippen molar-refractivity contribution in [3.63, 3.8) is 0 Å². The van der Waals surface area contributed by atoms with Crippen molar-refractivity contribution in [1.29, 1.82) is 0 Å². The van der Waals surface area contributed by atoms with Crippen molar-refractivity contribution in [2.75, 3.05) is 0 Å². The lowest BCUT2D eigenvalue weighted by atomic mass is 10.2. The number of hydrogen-bond donors (Lipinski definition) is 0. The summed E-state index contributed by atoms with van der Waals surface area (Å²) in [5.74, 6) is 2.64. The van der Waals surface area contributed by atoms with Gasteiger partial charge < -0.3 is 9.47 Å². The minimum absolute atomic E-state index is 0.526. The zero-order valence-electron chi connectivity index (χ0n) is 16.8. The number of rotatable bonds is 6. The fraction of sp³-hybridized carbons (Fsp3) is 0.0370. The van der Waals surface area contributed by atoms with Crippen LogP contribution < -0.4 is 9.47 Å². The summed E-state index contributed by atoms with van der Waals surface area (Å²) < 4.78 is 12.0. The number of para-hydroxylation sites is 1. The van der Waals surface area contributed by atoms with Gasteiger partial charge in [-0.3, -0.25) is 0 Å². The molecule has 0 saturated heterocycles. The van der Waals surface area contributed by atoms with Gasteiger partial charge >= 0.3 is 0 Å². The van der Waals surface area contributed by atoms with E-state index in [4.69, 9.17) is 19.4 Å². The summed E-state index contributed by atoms with van der Waals surface area (Å²) in [5.41, 5.74) is 2.92. The summed E-state index contributed by atoms with van der Waals surface area (Å²) in [6, 6.07) is 35.4. The van der Waals surface area contributed by atoms with Crippen LogP contribution >= 0.6 is 0 Å². The first kappa shape index (κ1) is 18.8. The predicted octanol–water partition coefficient (Wildman–Crippen LogP) is 6.67. The molecule has 0 aliphatic carbocycles. The van der Waals surface area contributed by atoms with Crippen LogP contribution in [0.5, 0.6) is 17.4 Å². The molecule has 1 heterocycles. The van der Waals surface area contributed by atoms with Gasteiger partial charge in [0.05, 0.1) is 10.9 Å². The van der Waals surface area contributed by atoms with Gasteiger partial charge in [0.25, 0.3) is 0 Å². The van der Waals surface area contributed by atoms with Crippen molar-refractivity contribution in [3.05, 3.63) is 115 Å². The van der Waals surface area contributed by atoms with E-state index in [0.29, 0.717) is 24.1 Å². The van der Waals surface area contributed by atoms with Crippen LogP contribution in [-0.2, 0) is 6.61 Å². The second-order valence-electron chi connectivity index (χ2n) is 7.08. The number of hydrogen-bond acceptors (Lipinski definition) is 4. The van der Waals surface area contributed by atoms with Gasteiger partial charge in [-0.2, -0.15) is 4.98 Å². The Morgan fingerprint density at radius 1 is 0.581 bits per heavy atom. The molecule has 5 aromatic rings. The molecule has 0 fully saturated rings. The van der Waals surface area contributed by atoms with Crippen LogP contribution in [-0.4, -0.2) is 9.97 Å². The molecule has 0 atom stereocenters. The maximum Gasteiger partial charge on any atom is 0.230 e. The lowest BCUT2D eigenvalue weighted by molar-refractivity contribution is 0.305. The first-order valence-corrected chi connectivity index (χ1v) is 10.1. The van der Waals surface area contributed by atoms with E-state index in [1.165, 1.54) is 0 Å². The van der Waals surface area contributed by atoms with Gasteiger partial charge in [-0.05, 0) is 42.0 Å². The second-order valence-corrected chi connectivity index (χ2v) is 7.08. The minimum atomic E-state index is 0.526. The van der Waals surface area contributed by atoms with Gasteiger partial charge in [-0.1, -0.05) is 72.8 Å². The summed E-state index contributed by atoms with van der Waals surface area (Å²) in [5, 5.41) is 0.867. The van der Waals surface area contributed by atoms with Gasteiger partial charge in [0.1, 0.15) is 18.1 Å². The third kappa shape index (κ3) is 4.38. The highest BCUT2D eigenvalue weighted by molar-refractivity contribution is 5.85. The molecule has 4 heteroatoms. The SMILES string of the molecule is c1ccc(COc2ccc(Oc3nc(-c4ccccc4)nc4ccccc34)cc2)cc1. The molecule has 0 saturated carbocycles. The summed E-state index contributed by atoms with van der Waals surface area (Å²) >= 11 is 0. The van der Waals surface area contributed by atoms with Crippen LogP contribution in [0.4, 0.5) is 0 Å². The van der Waals surface area contributed by atoms with Crippen LogP contribution in [0, 0.1) is 0 Å². The Kier molecular flexibility index (Phi) is 5.27. The molecule has 150 valence electrons. The van der Waals surface area contributed by atoms with E-state index in [-0.39, 0.29) is 0 Å². The summed E-state index contributed by atoms with van der Waals surface area (Å²) in [7, 11) is 0. The molecule has 4 aromatic carbocycles. The third-order valence-corrected chi connectivity index (χ3v) is 4.89. The summed E-state index contributed by atoms with van der Waals surface area (Å²) in [6.07, 6.45) is 0. The van der Waals surface area contributed by atoms with Gasteiger partial charge in [0.15, 0.2) is 5.82 Å². The Morgan fingerprint density at radius 2 is 1.23 bits per heavy atom. The zero-order valence-corrected chi connectivity index (χ0v) is 16.8. The van der Waals surface area contributed by atoms with E-state index in [9.17, 15) is 0 Å². The summed E-state index contributed by atoms with van der Waals surface area (Å²) in [6.45, 7) is 0.526. The molecule has 0 unspecified atom stereocenters. The fourth-order valence-electron chi connectivity index (χ4n) is 3.30. The quantitative estimate of drug-likeness (QED) is 0.317. The first-order valence-electron chi connectivity index (χ1n) is 10.1. The zero-order chi connectivity index (χ0) is 20.9. The maximum absolute atomic E-state index is 6.16. The number of benzene rings is 4. The van der Waals surface area contributed by atoms with Gasteiger partial charge in [0.2, 0.25) is 5.88 Å². The van der Waals surface area contributed by atoms with Crippen molar-refractivity contribution in [2.24, 2.45) is 0 Å². The molecule has 4 nitrogen and oxygen atoms in total. The smallest absolute Gasteiger partial charge is 0.230 e. The molecular formula is C27H20N2O2. The average molecular weight is 404 g/mol. The van der Waals surface area contributed by atoms with Gasteiger partial charge in [-0.15, -0.1) is 0 Å². The van der Waals surface area contributed by atoms with Crippen LogP contribution in [0.15, 0.2) is 109 Å². The Balaban J connectivity index is 1.39. The molecule has 31 heavy (non-hydrogen) atoms. The Labute approximate surface area is 180 Å². The monoisotopic (exact) mass is 404 g/mol. The lowest BCUT2D eigenvalue weighted by Gasteiger charge is -2.11. The third-order valence-electron chi connectivity index (χ3n) is 4.89. The van der Waals surface area contributed by atoms with Crippen molar-refractivity contribution in [2.45, 2.75) is 6.61 Å². The molecule has 0 aliphatic rings. The van der Waals surface area contributed by atoms with E-state index in [0.717, 1.165) is 27.8 Å². The van der Waals surface area contributed by atoms with Crippen LogP contribution in [0.25, 0.3) is 22.3 Å². The van der Waals surface area contributed by atoms with Crippen LogP contribution in [0.3, 0.4) is 0 Å². The van der Waals surface area contributed by atoms with Crippen molar-refractivity contribution in [1.82, 2.24) is 9.97 Å². The molecule has 1 aromatic heterocycles. The highest BCUT2D eigenvalue weighted by Gasteiger charge is 2.11. The highest BCUT2D eigenvalue weighted by Crippen LogP contribution is 2.30. The topological polar surface area (TPSA) is 44.2 Å². The lowest BCUT2D eigenvalue weighted by Crippen LogP contribution is -1.97. The fourth-order valence-corrected chi connectivity index (χ4v) is 3.30. The first-order chi connectivity index (χ1) is 15.3. The predicted molar refractivity (Wildman–Crippen MR) is 122 cm³/mol. The van der Waals surface area contributed by atoms with Crippen molar-refractivity contribution < 1.29 is 9.47 Å². The Bertz CT molecular complexity index is 1290. The van der Waals surface area contributed by atoms with E-state index in [1.807, 2.05) is 109 Å². The molecule has 0 radical (unpaired) electrons. The minimum Gasteiger partial charge on any atom is -0.489 e. The number of fused-ring (bicyclic) bond motifs is 1. The number of nitrogens with zero attached hydrogens (tertiary/aromatic N) is 2. The van der Waals surface area contributed by atoms with Crippen LogP contribution in [0.2, 0.25) is 0 Å². The Morgan fingerprint density at radius 3 is 2.00 bits per heavy atom. The van der Waals surface area contributed by atoms with Gasteiger partial charge in [0, 0.05) is 5.56 Å². The van der Waals surface area contributed by atoms with E-state index in [1.54, 1.807) is 0 Å². The molecule has 0 spiro atoms. The second kappa shape index (κ2) is 8.67. The highest BCUT2D eigenvalue weighted by atomic mass is 16.5. The van der Waals surface area contributed by atoms with E-state index >= 15 is 0 Å². The summed E-state index contributed by atoms with van der Waals surface area (Å²) in [4.78, 5) is 9.40. The van der Waals surface area contributed by atoms with E-state index in [2.05, 4.69) is 0 Å². The molecular weight excluding hydrogens is 384 g/mol. The number of aromatic nitrogens is 2. The molecule has 5 rings (SSSR count). The van der Waals surface area contributed by atoms with Crippen molar-refractivity contribution >= 4 is 10.9 Å². The Hall–Kier alpha value is -4.18. The molecule has 0 aliphatic heterocycles. The molecule has 0 amide bonds. The van der Waals surface area contributed by atoms with Crippen molar-refractivity contribution in [3.8, 4) is 28.8 Å². The largest absolute Gasteiger partial charge is 0.489 e. The van der Waals surface area contributed by atoms with E-state index < -0.39 is 0 Å². The number of ether oxygens (including phenoxy) is 2. The van der Waals surface area contributed by atoms with Gasteiger partial charge in [-0.25, -0.2) is 4.98 Å². The van der Waals surface area contributed by atoms with Crippen LogP contribution in [0.1, 0.15) is 5.56 Å². The molecule has 0 N–H and O–H groups in total. The maximum atomic E-state index is 6.16. The average Bonchev–Trinajstić information content (AvgIpc) is 2.85. The molecule has 0 bridgehead atoms. The normalized spacial score (nSPS) is 10.7. The standard InChI is InChI=1S/C27H20N2O2/c1-3-9-20(10-4-1)19-30-22-15-17-23(18-16-22)31-27-24-13-7-8-14-25(24)28-26(29-27)21-11-5-2-6-12-21/h1-18H,19H2.